The Morgan fingerprint density at radius 1 is 0.909 bits per heavy atom. The van der Waals surface area contributed by atoms with E-state index >= 15 is 0 Å². The Kier molecular flexibility index (Phi) is 9.97. The highest BCUT2D eigenvalue weighted by Crippen LogP contribution is 2.52. The van der Waals surface area contributed by atoms with Gasteiger partial charge in [0, 0.05) is 16.1 Å². The third-order valence-electron chi connectivity index (χ3n) is 7.47. The first kappa shape index (κ1) is 25.9. The number of thioether (sulfide) groups is 1. The van der Waals surface area contributed by atoms with Crippen LogP contribution in [0.2, 0.25) is 0 Å². The number of hydrogen-bond donors (Lipinski definition) is 2. The number of phenols is 2. The van der Waals surface area contributed by atoms with Crippen molar-refractivity contribution >= 4 is 11.8 Å². The van der Waals surface area contributed by atoms with Gasteiger partial charge in [-0.2, -0.15) is 0 Å². The molecule has 3 rings (SSSR count). The van der Waals surface area contributed by atoms with Gasteiger partial charge in [0.1, 0.15) is 11.5 Å². The zero-order valence-electron chi connectivity index (χ0n) is 20.4. The molecule has 0 saturated heterocycles. The predicted molar refractivity (Wildman–Crippen MR) is 138 cm³/mol. The summed E-state index contributed by atoms with van der Waals surface area (Å²) in [6.07, 6.45) is 11.7. The van der Waals surface area contributed by atoms with Crippen LogP contribution in [-0.2, 0) is 5.41 Å². The number of phenolic OH excluding ortho intramolecular Hbond substituents is 2. The van der Waals surface area contributed by atoms with E-state index in [-0.39, 0.29) is 12.1 Å². The minimum atomic E-state index is -0.179. The van der Waals surface area contributed by atoms with Crippen LogP contribution in [0, 0.1) is 5.92 Å². The van der Waals surface area contributed by atoms with Gasteiger partial charge in [0.2, 0.25) is 0 Å². The molecule has 1 heterocycles. The summed E-state index contributed by atoms with van der Waals surface area (Å²) in [4.78, 5) is 1.21. The molecule has 0 saturated carbocycles. The average Bonchev–Trinajstić information content (AvgIpc) is 2.81. The molecule has 1 aliphatic rings. The van der Waals surface area contributed by atoms with Crippen molar-refractivity contribution in [1.29, 1.82) is 0 Å². The van der Waals surface area contributed by atoms with Crippen LogP contribution in [-0.4, -0.2) is 22.6 Å². The fraction of sp³-hybridized carbons (Fsp3) is 0.586. The van der Waals surface area contributed by atoms with Gasteiger partial charge in [0.05, 0.1) is 6.67 Å². The molecule has 0 aliphatic carbocycles. The molecular weight excluding hydrogens is 431 g/mol. The van der Waals surface area contributed by atoms with Crippen molar-refractivity contribution in [1.82, 2.24) is 0 Å². The Morgan fingerprint density at radius 2 is 1.55 bits per heavy atom. The first-order valence-corrected chi connectivity index (χ1v) is 13.7. The lowest BCUT2D eigenvalue weighted by molar-refractivity contribution is 0.369. The largest absolute Gasteiger partial charge is 0.508 e. The highest BCUT2D eigenvalue weighted by molar-refractivity contribution is 7.99. The maximum Gasteiger partial charge on any atom is 0.116 e. The molecule has 0 aromatic heterocycles. The van der Waals surface area contributed by atoms with Gasteiger partial charge in [-0.05, 0) is 66.5 Å². The van der Waals surface area contributed by atoms with Crippen LogP contribution in [0.1, 0.15) is 95.1 Å². The Bertz CT molecular complexity index is 853. The molecule has 0 radical (unpaired) electrons. The Labute approximate surface area is 204 Å². The summed E-state index contributed by atoms with van der Waals surface area (Å²) in [5.74, 6) is 2.67. The van der Waals surface area contributed by atoms with E-state index in [4.69, 9.17) is 0 Å². The summed E-state index contributed by atoms with van der Waals surface area (Å²) >= 11 is 1.83. The molecule has 2 aromatic rings. The summed E-state index contributed by atoms with van der Waals surface area (Å²) in [5.41, 5.74) is 2.62. The topological polar surface area (TPSA) is 40.5 Å². The third-order valence-corrected chi connectivity index (χ3v) is 8.87. The van der Waals surface area contributed by atoms with Crippen molar-refractivity contribution < 1.29 is 14.6 Å². The Balaban J connectivity index is 1.54. The first-order chi connectivity index (χ1) is 15.9. The highest BCUT2D eigenvalue weighted by atomic mass is 32.2. The van der Waals surface area contributed by atoms with Crippen LogP contribution in [0.5, 0.6) is 11.5 Å². The van der Waals surface area contributed by atoms with Crippen LogP contribution in [0.15, 0.2) is 47.4 Å². The van der Waals surface area contributed by atoms with Crippen LogP contribution in [0.4, 0.5) is 4.39 Å². The van der Waals surface area contributed by atoms with Gasteiger partial charge in [-0.1, -0.05) is 77.0 Å². The molecule has 0 fully saturated rings. The SMILES string of the molecule is CC(CCCF)CCCCCCCCC1c2ccc(O)cc2SC[C@]1(C)c1ccc(O)cc1. The minimum absolute atomic E-state index is 0.00190. The van der Waals surface area contributed by atoms with Crippen molar-refractivity contribution in [3.8, 4) is 11.5 Å². The van der Waals surface area contributed by atoms with E-state index in [9.17, 15) is 14.6 Å². The van der Waals surface area contributed by atoms with Gasteiger partial charge >= 0.3 is 0 Å². The highest BCUT2D eigenvalue weighted by Gasteiger charge is 2.41. The number of unbranched alkanes of at least 4 members (excludes halogenated alkanes) is 5. The first-order valence-electron chi connectivity index (χ1n) is 12.7. The van der Waals surface area contributed by atoms with Crippen molar-refractivity contribution in [2.24, 2.45) is 5.92 Å². The van der Waals surface area contributed by atoms with Crippen molar-refractivity contribution in [3.63, 3.8) is 0 Å². The molecule has 0 amide bonds. The molecule has 33 heavy (non-hydrogen) atoms. The molecular formula is C29H41FO2S. The second kappa shape index (κ2) is 12.7. The van der Waals surface area contributed by atoms with E-state index in [1.54, 1.807) is 12.1 Å². The van der Waals surface area contributed by atoms with E-state index in [1.165, 1.54) is 61.0 Å². The van der Waals surface area contributed by atoms with Gasteiger partial charge in [0.15, 0.2) is 0 Å². The van der Waals surface area contributed by atoms with E-state index < -0.39 is 0 Å². The van der Waals surface area contributed by atoms with Crippen LogP contribution < -0.4 is 0 Å². The summed E-state index contributed by atoms with van der Waals surface area (Å²) in [7, 11) is 0. The van der Waals surface area contributed by atoms with E-state index in [2.05, 4.69) is 32.0 Å². The van der Waals surface area contributed by atoms with Crippen molar-refractivity contribution in [2.75, 3.05) is 12.4 Å². The van der Waals surface area contributed by atoms with E-state index in [0.29, 0.717) is 29.8 Å². The number of aromatic hydroxyl groups is 2. The van der Waals surface area contributed by atoms with Crippen LogP contribution in [0.25, 0.3) is 0 Å². The second-order valence-electron chi connectivity index (χ2n) is 10.2. The minimum Gasteiger partial charge on any atom is -0.508 e. The third kappa shape index (κ3) is 7.15. The molecule has 2 N–H and O–H groups in total. The maximum absolute atomic E-state index is 12.3. The van der Waals surface area contributed by atoms with E-state index in [0.717, 1.165) is 18.6 Å². The molecule has 2 nitrogen and oxygen atoms in total. The second-order valence-corrected chi connectivity index (χ2v) is 11.2. The number of hydrogen-bond acceptors (Lipinski definition) is 3. The average molecular weight is 473 g/mol. The Morgan fingerprint density at radius 3 is 2.27 bits per heavy atom. The van der Waals surface area contributed by atoms with Gasteiger partial charge < -0.3 is 10.2 Å². The molecule has 182 valence electrons. The molecule has 0 spiro atoms. The quantitative estimate of drug-likeness (QED) is 0.286. The van der Waals surface area contributed by atoms with E-state index in [1.807, 2.05) is 23.9 Å². The molecule has 4 heteroatoms. The molecule has 2 aromatic carbocycles. The number of halogens is 1. The van der Waals surface area contributed by atoms with Crippen LogP contribution in [0.3, 0.4) is 0 Å². The summed E-state index contributed by atoms with van der Waals surface area (Å²) in [6.45, 7) is 4.43. The molecule has 1 aliphatic heterocycles. The lowest BCUT2D eigenvalue weighted by Gasteiger charge is -2.43. The predicted octanol–water partition coefficient (Wildman–Crippen LogP) is 8.75. The van der Waals surface area contributed by atoms with Crippen molar-refractivity contribution in [3.05, 3.63) is 53.6 Å². The van der Waals surface area contributed by atoms with Crippen molar-refractivity contribution in [2.45, 2.75) is 94.3 Å². The van der Waals surface area contributed by atoms with Gasteiger partial charge in [-0.15, -0.1) is 11.8 Å². The number of benzene rings is 2. The monoisotopic (exact) mass is 472 g/mol. The summed E-state index contributed by atoms with van der Waals surface area (Å²) < 4.78 is 12.3. The molecule has 2 unspecified atom stereocenters. The normalized spacial score (nSPS) is 21.0. The van der Waals surface area contributed by atoms with Crippen LogP contribution >= 0.6 is 11.8 Å². The zero-order chi connectivity index (χ0) is 23.7. The molecule has 3 atom stereocenters. The lowest BCUT2D eigenvalue weighted by atomic mass is 9.68. The lowest BCUT2D eigenvalue weighted by Crippen LogP contribution is -2.36. The van der Waals surface area contributed by atoms with Gasteiger partial charge in [-0.25, -0.2) is 0 Å². The fourth-order valence-electron chi connectivity index (χ4n) is 5.33. The Hall–Kier alpha value is -1.68. The summed E-state index contributed by atoms with van der Waals surface area (Å²) in [5, 5.41) is 19.8. The number of fused-ring (bicyclic) bond motifs is 1. The fourth-order valence-corrected chi connectivity index (χ4v) is 6.73. The standard InChI is InChI=1S/C29H41FO2S/c1-22(11-9-19-30)10-7-5-3-4-6-8-12-27-26-18-17-25(32)20-28(26)33-21-29(27,2)23-13-15-24(31)16-14-23/h13-18,20,22,27,31-32H,3-12,19,21H2,1-2H3/t22?,27?,29-/m1/s1. The summed E-state index contributed by atoms with van der Waals surface area (Å²) in [6, 6.07) is 13.6. The van der Waals surface area contributed by atoms with Gasteiger partial charge in [-0.3, -0.25) is 4.39 Å². The van der Waals surface area contributed by atoms with Gasteiger partial charge in [0.25, 0.3) is 0 Å². The molecule has 0 bridgehead atoms. The number of rotatable bonds is 13. The smallest absolute Gasteiger partial charge is 0.116 e. The number of alkyl halides is 1. The zero-order valence-corrected chi connectivity index (χ0v) is 21.2. The maximum atomic E-state index is 12.3.